The van der Waals surface area contributed by atoms with E-state index in [1.54, 1.807) is 6.92 Å². The standard InChI is InChI=1S/C12H24N4O2/c1-4-5-13-11(17)9(3)16-12(18)10-7-14-8(2)6-15-10/h8-10,14-15H,4-7H2,1-3H3,(H,13,17)(H,16,18). The molecule has 0 spiro atoms. The molecule has 0 aromatic rings. The number of nitrogens with one attached hydrogen (secondary N) is 4. The molecule has 18 heavy (non-hydrogen) atoms. The summed E-state index contributed by atoms with van der Waals surface area (Å²) in [5, 5.41) is 11.9. The molecule has 0 saturated carbocycles. The van der Waals surface area contributed by atoms with Crippen molar-refractivity contribution >= 4 is 11.8 Å². The molecule has 0 radical (unpaired) electrons. The molecule has 3 atom stereocenters. The molecule has 1 heterocycles. The van der Waals surface area contributed by atoms with Crippen LogP contribution in [0.5, 0.6) is 0 Å². The summed E-state index contributed by atoms with van der Waals surface area (Å²) in [5.41, 5.74) is 0. The molecule has 104 valence electrons. The van der Waals surface area contributed by atoms with Gasteiger partial charge in [0, 0.05) is 25.7 Å². The molecule has 0 aromatic carbocycles. The van der Waals surface area contributed by atoms with Crippen LogP contribution in [0.2, 0.25) is 0 Å². The minimum atomic E-state index is -0.495. The van der Waals surface area contributed by atoms with Crippen LogP contribution in [0, 0.1) is 0 Å². The molecule has 1 fully saturated rings. The van der Waals surface area contributed by atoms with Crippen LogP contribution in [0.4, 0.5) is 0 Å². The monoisotopic (exact) mass is 256 g/mol. The van der Waals surface area contributed by atoms with Crippen LogP contribution in [-0.4, -0.2) is 49.6 Å². The molecule has 0 bridgehead atoms. The quantitative estimate of drug-likeness (QED) is 0.507. The van der Waals surface area contributed by atoms with Gasteiger partial charge in [-0.2, -0.15) is 0 Å². The zero-order valence-corrected chi connectivity index (χ0v) is 11.4. The highest BCUT2D eigenvalue weighted by Gasteiger charge is 2.25. The van der Waals surface area contributed by atoms with Gasteiger partial charge >= 0.3 is 0 Å². The highest BCUT2D eigenvalue weighted by molar-refractivity contribution is 5.89. The van der Waals surface area contributed by atoms with Crippen molar-refractivity contribution in [3.63, 3.8) is 0 Å². The predicted octanol–water partition coefficient (Wildman–Crippen LogP) is -1.03. The maximum Gasteiger partial charge on any atom is 0.242 e. The van der Waals surface area contributed by atoms with Crippen LogP contribution < -0.4 is 21.3 Å². The Hall–Kier alpha value is -1.14. The first-order valence-corrected chi connectivity index (χ1v) is 6.59. The molecule has 6 heteroatoms. The molecule has 1 aliphatic heterocycles. The maximum absolute atomic E-state index is 11.9. The third-order valence-electron chi connectivity index (χ3n) is 2.96. The Morgan fingerprint density at radius 2 is 2.06 bits per heavy atom. The Labute approximate surface area is 108 Å². The van der Waals surface area contributed by atoms with E-state index in [0.29, 0.717) is 19.1 Å². The van der Waals surface area contributed by atoms with E-state index in [2.05, 4.69) is 28.2 Å². The highest BCUT2D eigenvalue weighted by atomic mass is 16.2. The van der Waals surface area contributed by atoms with Crippen molar-refractivity contribution < 1.29 is 9.59 Å². The number of piperazine rings is 1. The lowest BCUT2D eigenvalue weighted by Gasteiger charge is -2.29. The van der Waals surface area contributed by atoms with E-state index in [1.807, 2.05) is 6.92 Å². The summed E-state index contributed by atoms with van der Waals surface area (Å²) in [4.78, 5) is 23.5. The Bertz CT molecular complexity index is 288. The molecule has 4 N–H and O–H groups in total. The van der Waals surface area contributed by atoms with Crippen molar-refractivity contribution in [1.29, 1.82) is 0 Å². The van der Waals surface area contributed by atoms with Gasteiger partial charge in [-0.1, -0.05) is 6.92 Å². The number of rotatable bonds is 5. The van der Waals surface area contributed by atoms with Crippen LogP contribution in [0.15, 0.2) is 0 Å². The van der Waals surface area contributed by atoms with Gasteiger partial charge in [0.2, 0.25) is 11.8 Å². The highest BCUT2D eigenvalue weighted by Crippen LogP contribution is 1.94. The van der Waals surface area contributed by atoms with Crippen molar-refractivity contribution in [3.05, 3.63) is 0 Å². The number of hydrogen-bond acceptors (Lipinski definition) is 4. The van der Waals surface area contributed by atoms with E-state index in [0.717, 1.165) is 13.0 Å². The maximum atomic E-state index is 11.9. The molecule has 1 aliphatic rings. The van der Waals surface area contributed by atoms with E-state index in [9.17, 15) is 9.59 Å². The minimum absolute atomic E-state index is 0.131. The van der Waals surface area contributed by atoms with E-state index < -0.39 is 6.04 Å². The fraction of sp³-hybridized carbons (Fsp3) is 0.833. The van der Waals surface area contributed by atoms with Crippen LogP contribution in [0.25, 0.3) is 0 Å². The second kappa shape index (κ2) is 7.33. The van der Waals surface area contributed by atoms with Crippen LogP contribution in [0.3, 0.4) is 0 Å². The van der Waals surface area contributed by atoms with Crippen LogP contribution in [0.1, 0.15) is 27.2 Å². The fourth-order valence-corrected chi connectivity index (χ4v) is 1.75. The molecule has 0 aromatic heterocycles. The number of carbonyl (C=O) groups excluding carboxylic acids is 2. The van der Waals surface area contributed by atoms with Crippen molar-refractivity contribution in [2.24, 2.45) is 0 Å². The third kappa shape index (κ3) is 4.62. The van der Waals surface area contributed by atoms with Crippen LogP contribution in [-0.2, 0) is 9.59 Å². The Morgan fingerprint density at radius 3 is 2.61 bits per heavy atom. The van der Waals surface area contributed by atoms with Gasteiger partial charge in [0.1, 0.15) is 6.04 Å². The summed E-state index contributed by atoms with van der Waals surface area (Å²) >= 11 is 0. The molecule has 6 nitrogen and oxygen atoms in total. The van der Waals surface area contributed by atoms with Gasteiger partial charge in [-0.25, -0.2) is 0 Å². The summed E-state index contributed by atoms with van der Waals surface area (Å²) in [6.07, 6.45) is 0.887. The first kappa shape index (κ1) is 14.9. The smallest absolute Gasteiger partial charge is 0.242 e. The zero-order chi connectivity index (χ0) is 13.5. The van der Waals surface area contributed by atoms with Gasteiger partial charge < -0.3 is 21.3 Å². The SMILES string of the molecule is CCCNC(=O)C(C)NC(=O)C1CNC(C)CN1. The summed E-state index contributed by atoms with van der Waals surface area (Å²) in [5.74, 6) is -0.268. The Kier molecular flexibility index (Phi) is 6.07. The summed E-state index contributed by atoms with van der Waals surface area (Å²) in [6, 6.07) is -0.382. The molecular formula is C12H24N4O2. The molecule has 1 rings (SSSR count). The topological polar surface area (TPSA) is 82.3 Å². The largest absolute Gasteiger partial charge is 0.354 e. The van der Waals surface area contributed by atoms with Crippen molar-refractivity contribution in [2.45, 2.75) is 45.3 Å². The van der Waals surface area contributed by atoms with Gasteiger partial charge in [0.25, 0.3) is 0 Å². The molecular weight excluding hydrogens is 232 g/mol. The summed E-state index contributed by atoms with van der Waals surface area (Å²) in [6.45, 7) is 7.73. The van der Waals surface area contributed by atoms with E-state index in [1.165, 1.54) is 0 Å². The lowest BCUT2D eigenvalue weighted by molar-refractivity contribution is -0.129. The number of carbonyl (C=O) groups is 2. The van der Waals surface area contributed by atoms with Gasteiger partial charge in [0.15, 0.2) is 0 Å². The molecule has 2 amide bonds. The average molecular weight is 256 g/mol. The van der Waals surface area contributed by atoms with E-state index >= 15 is 0 Å². The number of amides is 2. The van der Waals surface area contributed by atoms with E-state index in [4.69, 9.17) is 0 Å². The third-order valence-corrected chi connectivity index (χ3v) is 2.96. The second-order valence-corrected chi connectivity index (χ2v) is 4.79. The first-order valence-electron chi connectivity index (χ1n) is 6.59. The van der Waals surface area contributed by atoms with Crippen molar-refractivity contribution in [1.82, 2.24) is 21.3 Å². The second-order valence-electron chi connectivity index (χ2n) is 4.79. The summed E-state index contributed by atoms with van der Waals surface area (Å²) < 4.78 is 0. The molecule has 1 saturated heterocycles. The predicted molar refractivity (Wildman–Crippen MR) is 70.2 cm³/mol. The fourth-order valence-electron chi connectivity index (χ4n) is 1.75. The lowest BCUT2D eigenvalue weighted by Crippen LogP contribution is -2.60. The van der Waals surface area contributed by atoms with Gasteiger partial charge in [-0.15, -0.1) is 0 Å². The van der Waals surface area contributed by atoms with Gasteiger partial charge in [-0.05, 0) is 20.3 Å². The first-order chi connectivity index (χ1) is 8.54. The summed E-state index contributed by atoms with van der Waals surface area (Å²) in [7, 11) is 0. The zero-order valence-electron chi connectivity index (χ0n) is 11.4. The number of hydrogen-bond donors (Lipinski definition) is 4. The normalized spacial score (nSPS) is 25.3. The average Bonchev–Trinajstić information content (AvgIpc) is 2.36. The van der Waals surface area contributed by atoms with Crippen LogP contribution >= 0.6 is 0 Å². The molecule has 0 aliphatic carbocycles. The van der Waals surface area contributed by atoms with Gasteiger partial charge in [0.05, 0.1) is 6.04 Å². The van der Waals surface area contributed by atoms with Gasteiger partial charge in [-0.3, -0.25) is 9.59 Å². The molecule has 3 unspecified atom stereocenters. The Balaban J connectivity index is 2.32. The Morgan fingerprint density at radius 1 is 1.33 bits per heavy atom. The minimum Gasteiger partial charge on any atom is -0.354 e. The van der Waals surface area contributed by atoms with Crippen molar-refractivity contribution in [3.8, 4) is 0 Å². The lowest BCUT2D eigenvalue weighted by atomic mass is 10.1. The van der Waals surface area contributed by atoms with E-state index in [-0.39, 0.29) is 17.9 Å². The van der Waals surface area contributed by atoms with Crippen molar-refractivity contribution in [2.75, 3.05) is 19.6 Å².